The van der Waals surface area contributed by atoms with Gasteiger partial charge in [0, 0.05) is 5.56 Å². The summed E-state index contributed by atoms with van der Waals surface area (Å²) in [5.41, 5.74) is 0.191. The molecular weight excluding hydrogens is 259 g/mol. The first kappa shape index (κ1) is 12.3. The summed E-state index contributed by atoms with van der Waals surface area (Å²) in [7, 11) is -3.76. The Labute approximate surface area is 95.4 Å². The molecular formula is C9H8F3NO3S. The molecule has 0 radical (unpaired) electrons. The predicted octanol–water partition coefficient (Wildman–Crippen LogP) is 1.56. The number of benzene rings is 1. The monoisotopic (exact) mass is 267 g/mol. The fraction of sp³-hybridized carbons (Fsp3) is 0.333. The number of sulfonamides is 1. The smallest absolute Gasteiger partial charge is 0.349 e. The van der Waals surface area contributed by atoms with E-state index < -0.39 is 29.0 Å². The van der Waals surface area contributed by atoms with Crippen molar-refractivity contribution in [3.05, 3.63) is 29.8 Å². The molecule has 0 saturated heterocycles. The number of halogens is 3. The molecule has 0 amide bonds. The third-order valence-corrected chi connectivity index (χ3v) is 3.64. The highest BCUT2D eigenvalue weighted by Crippen LogP contribution is 2.32. The van der Waals surface area contributed by atoms with E-state index in [-0.39, 0.29) is 10.5 Å². The summed E-state index contributed by atoms with van der Waals surface area (Å²) in [5, 5.41) is 0. The molecule has 1 aliphatic heterocycles. The lowest BCUT2D eigenvalue weighted by Gasteiger charge is -2.13. The van der Waals surface area contributed by atoms with Crippen molar-refractivity contribution in [2.45, 2.75) is 17.3 Å². The highest BCUT2D eigenvalue weighted by Gasteiger charge is 2.37. The first-order chi connectivity index (χ1) is 7.80. The van der Waals surface area contributed by atoms with Crippen LogP contribution in [0.3, 0.4) is 0 Å². The van der Waals surface area contributed by atoms with E-state index >= 15 is 0 Å². The Morgan fingerprint density at radius 1 is 1.29 bits per heavy atom. The van der Waals surface area contributed by atoms with Crippen LogP contribution in [0.1, 0.15) is 11.8 Å². The van der Waals surface area contributed by atoms with Crippen LogP contribution in [0.2, 0.25) is 0 Å². The topological polar surface area (TPSA) is 55.4 Å². The number of hydrogen-bond acceptors (Lipinski definition) is 3. The van der Waals surface area contributed by atoms with E-state index in [1.54, 1.807) is 0 Å². The first-order valence-electron chi connectivity index (χ1n) is 4.59. The van der Waals surface area contributed by atoms with Crippen LogP contribution in [-0.2, 0) is 14.8 Å². The third-order valence-electron chi connectivity index (χ3n) is 2.17. The maximum atomic E-state index is 12.0. The Bertz CT molecular complexity index is 527. The van der Waals surface area contributed by atoms with Crippen molar-refractivity contribution < 1.29 is 26.3 Å². The van der Waals surface area contributed by atoms with Gasteiger partial charge in [-0.25, -0.2) is 8.42 Å². The molecule has 1 aromatic carbocycles. The molecule has 17 heavy (non-hydrogen) atoms. The second-order valence-electron chi connectivity index (χ2n) is 3.47. The summed E-state index contributed by atoms with van der Waals surface area (Å²) in [6.45, 7) is -1.51. The molecule has 8 heteroatoms. The van der Waals surface area contributed by atoms with Crippen molar-refractivity contribution in [1.82, 2.24) is 4.72 Å². The molecule has 0 aromatic heterocycles. The molecule has 1 unspecified atom stereocenters. The standard InChI is InChI=1S/C9H8F3NO3S/c10-9(11,12)5-16-8-6-3-1-2-4-7(6)17(14,15)13-8/h1-4,8,13H,5H2. The molecule has 94 valence electrons. The van der Waals surface area contributed by atoms with E-state index in [1.165, 1.54) is 24.3 Å². The first-order valence-corrected chi connectivity index (χ1v) is 6.07. The van der Waals surface area contributed by atoms with Crippen LogP contribution < -0.4 is 4.72 Å². The molecule has 0 saturated carbocycles. The lowest BCUT2D eigenvalue weighted by atomic mass is 10.2. The van der Waals surface area contributed by atoms with Crippen LogP contribution in [0.25, 0.3) is 0 Å². The second-order valence-corrected chi connectivity index (χ2v) is 5.15. The summed E-state index contributed by atoms with van der Waals surface area (Å²) in [6.07, 6.45) is -5.78. The zero-order valence-corrected chi connectivity index (χ0v) is 9.18. The zero-order valence-electron chi connectivity index (χ0n) is 8.36. The molecule has 1 heterocycles. The number of nitrogens with one attached hydrogen (secondary N) is 1. The molecule has 4 nitrogen and oxygen atoms in total. The lowest BCUT2D eigenvalue weighted by molar-refractivity contribution is -0.187. The van der Waals surface area contributed by atoms with Gasteiger partial charge in [-0.05, 0) is 6.07 Å². The fourth-order valence-corrected chi connectivity index (χ4v) is 2.86. The van der Waals surface area contributed by atoms with Gasteiger partial charge in [-0.2, -0.15) is 17.9 Å². The minimum absolute atomic E-state index is 0.0489. The van der Waals surface area contributed by atoms with Crippen LogP contribution in [0.5, 0.6) is 0 Å². The molecule has 1 aromatic rings. The van der Waals surface area contributed by atoms with Gasteiger partial charge in [0.15, 0.2) is 0 Å². The van der Waals surface area contributed by atoms with Gasteiger partial charge >= 0.3 is 6.18 Å². The highest BCUT2D eigenvalue weighted by molar-refractivity contribution is 7.89. The van der Waals surface area contributed by atoms with E-state index in [0.29, 0.717) is 0 Å². The van der Waals surface area contributed by atoms with Gasteiger partial charge in [0.25, 0.3) is 0 Å². The Balaban J connectivity index is 2.24. The summed E-state index contributed by atoms with van der Waals surface area (Å²) >= 11 is 0. The van der Waals surface area contributed by atoms with E-state index in [0.717, 1.165) is 0 Å². The van der Waals surface area contributed by atoms with Gasteiger partial charge in [-0.15, -0.1) is 0 Å². The van der Waals surface area contributed by atoms with Crippen molar-refractivity contribution in [1.29, 1.82) is 0 Å². The average molecular weight is 267 g/mol. The number of ether oxygens (including phenoxy) is 1. The Morgan fingerprint density at radius 3 is 2.59 bits per heavy atom. The second kappa shape index (κ2) is 3.97. The molecule has 1 aliphatic rings. The normalized spacial score (nSPS) is 22.4. The van der Waals surface area contributed by atoms with Crippen molar-refractivity contribution in [3.8, 4) is 0 Å². The van der Waals surface area contributed by atoms with Gasteiger partial charge in [-0.1, -0.05) is 18.2 Å². The van der Waals surface area contributed by atoms with Gasteiger partial charge < -0.3 is 4.74 Å². The quantitative estimate of drug-likeness (QED) is 0.884. The van der Waals surface area contributed by atoms with Gasteiger partial charge in [0.2, 0.25) is 10.0 Å². The summed E-state index contributed by atoms with van der Waals surface area (Å²) in [5.74, 6) is 0. The van der Waals surface area contributed by atoms with Crippen molar-refractivity contribution in [3.63, 3.8) is 0 Å². The lowest BCUT2D eigenvalue weighted by Crippen LogP contribution is -2.26. The fourth-order valence-electron chi connectivity index (χ4n) is 1.51. The van der Waals surface area contributed by atoms with Gasteiger partial charge in [0.1, 0.15) is 12.8 Å². The molecule has 0 spiro atoms. The minimum atomic E-state index is -4.50. The summed E-state index contributed by atoms with van der Waals surface area (Å²) in [6, 6.07) is 5.75. The van der Waals surface area contributed by atoms with E-state index in [1.807, 2.05) is 4.72 Å². The Hall–Kier alpha value is -1.12. The Kier molecular flexibility index (Phi) is 2.88. The van der Waals surface area contributed by atoms with Crippen molar-refractivity contribution in [2.24, 2.45) is 0 Å². The molecule has 1 atom stereocenters. The third kappa shape index (κ3) is 2.59. The van der Waals surface area contributed by atoms with Gasteiger partial charge in [-0.3, -0.25) is 0 Å². The average Bonchev–Trinajstić information content (AvgIpc) is 2.48. The minimum Gasteiger partial charge on any atom is -0.349 e. The van der Waals surface area contributed by atoms with Crippen LogP contribution in [-0.4, -0.2) is 21.2 Å². The number of alkyl halides is 3. The predicted molar refractivity (Wildman–Crippen MR) is 51.5 cm³/mol. The molecule has 0 aliphatic carbocycles. The molecule has 1 N–H and O–H groups in total. The van der Waals surface area contributed by atoms with E-state index in [4.69, 9.17) is 0 Å². The van der Waals surface area contributed by atoms with E-state index in [9.17, 15) is 21.6 Å². The van der Waals surface area contributed by atoms with Gasteiger partial charge in [0.05, 0.1) is 4.90 Å². The van der Waals surface area contributed by atoms with Crippen molar-refractivity contribution in [2.75, 3.05) is 6.61 Å². The Morgan fingerprint density at radius 2 is 1.94 bits per heavy atom. The molecule has 0 fully saturated rings. The summed E-state index contributed by atoms with van der Waals surface area (Å²) < 4.78 is 65.5. The number of hydrogen-bond donors (Lipinski definition) is 1. The van der Waals surface area contributed by atoms with E-state index in [2.05, 4.69) is 4.74 Å². The molecule has 2 rings (SSSR count). The van der Waals surface area contributed by atoms with Crippen molar-refractivity contribution >= 4 is 10.0 Å². The zero-order chi connectivity index (χ0) is 12.7. The maximum absolute atomic E-state index is 12.0. The number of rotatable bonds is 2. The van der Waals surface area contributed by atoms with Crippen LogP contribution in [0.4, 0.5) is 13.2 Å². The SMILES string of the molecule is O=S1(=O)NC(OCC(F)(F)F)c2ccccc21. The maximum Gasteiger partial charge on any atom is 0.411 e. The highest BCUT2D eigenvalue weighted by atomic mass is 32.2. The van der Waals surface area contributed by atoms with Crippen LogP contribution >= 0.6 is 0 Å². The summed E-state index contributed by atoms with van der Waals surface area (Å²) in [4.78, 5) is -0.0489. The number of fused-ring (bicyclic) bond motifs is 1. The largest absolute Gasteiger partial charge is 0.411 e. The molecule has 0 bridgehead atoms. The van der Waals surface area contributed by atoms with Crippen LogP contribution in [0.15, 0.2) is 29.2 Å². The van der Waals surface area contributed by atoms with Crippen LogP contribution in [0, 0.1) is 0 Å².